The molecule has 0 saturated heterocycles. The third-order valence-electron chi connectivity index (χ3n) is 6.72. The molecule has 2 aromatic carbocycles. The number of nitrogens with zero attached hydrogens (tertiary/aromatic N) is 5. The van der Waals surface area contributed by atoms with Crippen LogP contribution in [0.3, 0.4) is 0 Å². The first kappa shape index (κ1) is 26.2. The van der Waals surface area contributed by atoms with E-state index in [-0.39, 0.29) is 11.1 Å². The fourth-order valence-corrected chi connectivity index (χ4v) is 4.22. The Balaban J connectivity index is 1.70. The molecule has 0 fully saturated rings. The number of H-pyrrole nitrogens is 1. The van der Waals surface area contributed by atoms with Gasteiger partial charge in [-0.3, -0.25) is 9.69 Å². The summed E-state index contributed by atoms with van der Waals surface area (Å²) < 4.78 is 18.0. The number of nitrogens with one attached hydrogen (secondary N) is 1. The van der Waals surface area contributed by atoms with Crippen molar-refractivity contribution < 1.29 is 14.2 Å². The molecule has 4 aromatic rings. The molecule has 2 heterocycles. The van der Waals surface area contributed by atoms with Crippen molar-refractivity contribution in [3.63, 3.8) is 0 Å². The second-order valence-electron chi connectivity index (χ2n) is 9.58. The number of pyridine rings is 1. The molecule has 0 atom stereocenters. The zero-order chi connectivity index (χ0) is 26.6. The molecule has 1 N–H and O–H groups in total. The molecular formula is C27H34N6O4. The summed E-state index contributed by atoms with van der Waals surface area (Å²) in [5.74, 6) is 2.69. The number of aromatic amines is 1. The quantitative estimate of drug-likeness (QED) is 0.327. The number of methoxy groups -OCH3 is 3. The number of hydrogen-bond acceptors (Lipinski definition) is 8. The van der Waals surface area contributed by atoms with Gasteiger partial charge in [0.05, 0.1) is 38.9 Å². The average molecular weight is 507 g/mol. The summed E-state index contributed by atoms with van der Waals surface area (Å²) in [6.45, 7) is 7.77. The van der Waals surface area contributed by atoms with Crippen molar-refractivity contribution >= 4 is 10.9 Å². The molecule has 10 nitrogen and oxygen atoms in total. The summed E-state index contributed by atoms with van der Waals surface area (Å²) in [7, 11) is 4.81. The monoisotopic (exact) mass is 506 g/mol. The Hall–Kier alpha value is -3.92. The molecule has 0 unspecified atom stereocenters. The predicted molar refractivity (Wildman–Crippen MR) is 141 cm³/mol. The smallest absolute Gasteiger partial charge is 0.252 e. The summed E-state index contributed by atoms with van der Waals surface area (Å²) in [6.07, 6.45) is 0.874. The lowest BCUT2D eigenvalue weighted by molar-refractivity contribution is 0.217. The lowest BCUT2D eigenvalue weighted by Crippen LogP contribution is -2.32. The van der Waals surface area contributed by atoms with Crippen molar-refractivity contribution in [2.24, 2.45) is 0 Å². The van der Waals surface area contributed by atoms with Crippen molar-refractivity contribution in [1.29, 1.82) is 0 Å². The van der Waals surface area contributed by atoms with Crippen LogP contribution in [0.4, 0.5) is 0 Å². The molecule has 0 aliphatic rings. The Morgan fingerprint density at radius 1 is 0.946 bits per heavy atom. The fourth-order valence-electron chi connectivity index (χ4n) is 4.22. The highest BCUT2D eigenvalue weighted by atomic mass is 16.5. The third kappa shape index (κ3) is 5.75. The van der Waals surface area contributed by atoms with Crippen LogP contribution in [0.2, 0.25) is 0 Å². The first-order valence-corrected chi connectivity index (χ1v) is 12.2. The van der Waals surface area contributed by atoms with Gasteiger partial charge in [-0.05, 0) is 60.5 Å². The van der Waals surface area contributed by atoms with E-state index in [4.69, 9.17) is 14.2 Å². The summed E-state index contributed by atoms with van der Waals surface area (Å²) in [5.41, 5.74) is 2.00. The molecule has 0 spiro atoms. The van der Waals surface area contributed by atoms with Gasteiger partial charge < -0.3 is 19.2 Å². The highest BCUT2D eigenvalue weighted by Crippen LogP contribution is 2.31. The van der Waals surface area contributed by atoms with Crippen LogP contribution < -0.4 is 19.8 Å². The number of hydrogen-bond donors (Lipinski definition) is 1. The number of aromatic nitrogens is 5. The van der Waals surface area contributed by atoms with Crippen molar-refractivity contribution in [1.82, 2.24) is 30.1 Å². The summed E-state index contributed by atoms with van der Waals surface area (Å²) in [6, 6.07) is 13.4. The number of ether oxygens (including phenoxy) is 3. The van der Waals surface area contributed by atoms with Gasteiger partial charge >= 0.3 is 0 Å². The Kier molecular flexibility index (Phi) is 7.77. The van der Waals surface area contributed by atoms with Crippen LogP contribution in [0.1, 0.15) is 44.1 Å². The van der Waals surface area contributed by atoms with E-state index >= 15 is 0 Å². The molecule has 0 aliphatic heterocycles. The molecule has 0 saturated carbocycles. The highest BCUT2D eigenvalue weighted by Gasteiger charge is 2.25. The SMILES string of the molecule is CCC(C)(C)n1nnnc1CN(Cc1ccc(OC)cc1)Cc1cc2cc(OC)c(OC)cc2[nH]c1=O. The van der Waals surface area contributed by atoms with E-state index in [2.05, 4.69) is 46.2 Å². The fraction of sp³-hybridized carbons (Fsp3) is 0.407. The molecule has 37 heavy (non-hydrogen) atoms. The normalized spacial score (nSPS) is 11.8. The van der Waals surface area contributed by atoms with Gasteiger partial charge in [0.25, 0.3) is 5.56 Å². The Morgan fingerprint density at radius 2 is 1.65 bits per heavy atom. The molecule has 0 aliphatic carbocycles. The Morgan fingerprint density at radius 3 is 2.30 bits per heavy atom. The van der Waals surface area contributed by atoms with Crippen LogP contribution >= 0.6 is 0 Å². The molecule has 0 amide bonds. The van der Waals surface area contributed by atoms with Crippen LogP contribution in [0.15, 0.2) is 47.3 Å². The van der Waals surface area contributed by atoms with E-state index in [9.17, 15) is 4.79 Å². The maximum atomic E-state index is 13.1. The standard InChI is InChI=1S/C27H34N6O4/c1-7-27(2,3)33-25(29-30-31-33)17-32(15-18-8-10-21(35-4)11-9-18)16-20-12-19-13-23(36-5)24(37-6)14-22(19)28-26(20)34/h8-14H,7,15-17H2,1-6H3,(H,28,34). The van der Waals surface area contributed by atoms with Crippen LogP contribution in [0.25, 0.3) is 10.9 Å². The van der Waals surface area contributed by atoms with E-state index in [1.165, 1.54) is 0 Å². The minimum atomic E-state index is -0.235. The maximum Gasteiger partial charge on any atom is 0.252 e. The predicted octanol–water partition coefficient (Wildman–Crippen LogP) is 3.89. The number of fused-ring (bicyclic) bond motifs is 1. The molecule has 196 valence electrons. The van der Waals surface area contributed by atoms with E-state index in [1.807, 2.05) is 41.1 Å². The van der Waals surface area contributed by atoms with Crippen molar-refractivity contribution in [3.8, 4) is 17.2 Å². The van der Waals surface area contributed by atoms with Crippen LogP contribution in [0, 0.1) is 0 Å². The zero-order valence-electron chi connectivity index (χ0n) is 22.2. The highest BCUT2D eigenvalue weighted by molar-refractivity contribution is 5.83. The van der Waals surface area contributed by atoms with Gasteiger partial charge in [-0.15, -0.1) is 5.10 Å². The van der Waals surface area contributed by atoms with E-state index < -0.39 is 0 Å². The van der Waals surface area contributed by atoms with Gasteiger partial charge in [0, 0.05) is 30.1 Å². The van der Waals surface area contributed by atoms with Crippen LogP contribution in [-0.2, 0) is 25.2 Å². The first-order valence-electron chi connectivity index (χ1n) is 12.2. The summed E-state index contributed by atoms with van der Waals surface area (Å²) in [5, 5.41) is 13.4. The molecule has 4 rings (SSSR count). The van der Waals surface area contributed by atoms with Gasteiger partial charge in [0.15, 0.2) is 17.3 Å². The zero-order valence-corrected chi connectivity index (χ0v) is 22.2. The minimum Gasteiger partial charge on any atom is -0.497 e. The van der Waals surface area contributed by atoms with E-state index in [0.717, 1.165) is 28.9 Å². The molecule has 10 heteroatoms. The molecule has 0 bridgehead atoms. The second kappa shape index (κ2) is 11.0. The first-order chi connectivity index (χ1) is 17.8. The van der Waals surface area contributed by atoms with Crippen LogP contribution in [-0.4, -0.2) is 51.4 Å². The lowest BCUT2D eigenvalue weighted by Gasteiger charge is -2.27. The third-order valence-corrected chi connectivity index (χ3v) is 6.72. The van der Waals surface area contributed by atoms with Crippen molar-refractivity contribution in [2.45, 2.75) is 52.4 Å². The second-order valence-corrected chi connectivity index (χ2v) is 9.58. The Bertz CT molecular complexity index is 1410. The average Bonchev–Trinajstić information content (AvgIpc) is 3.38. The van der Waals surface area contributed by atoms with Crippen LogP contribution in [0.5, 0.6) is 17.2 Å². The number of rotatable bonds is 11. The van der Waals surface area contributed by atoms with E-state index in [1.54, 1.807) is 27.4 Å². The topological polar surface area (TPSA) is 107 Å². The van der Waals surface area contributed by atoms with Gasteiger partial charge in [-0.25, -0.2) is 4.68 Å². The Labute approximate surface area is 216 Å². The lowest BCUT2D eigenvalue weighted by atomic mass is 10.0. The minimum absolute atomic E-state index is 0.159. The van der Waals surface area contributed by atoms with Gasteiger partial charge in [-0.1, -0.05) is 19.1 Å². The molecule has 0 radical (unpaired) electrons. The van der Waals surface area contributed by atoms with Crippen molar-refractivity contribution in [2.75, 3.05) is 21.3 Å². The summed E-state index contributed by atoms with van der Waals surface area (Å²) in [4.78, 5) is 18.3. The van der Waals surface area contributed by atoms with Gasteiger partial charge in [0.1, 0.15) is 5.75 Å². The number of benzene rings is 2. The molecular weight excluding hydrogens is 472 g/mol. The van der Waals surface area contributed by atoms with Crippen molar-refractivity contribution in [3.05, 3.63) is 69.8 Å². The summed E-state index contributed by atoms with van der Waals surface area (Å²) >= 11 is 0. The van der Waals surface area contributed by atoms with E-state index in [0.29, 0.717) is 42.2 Å². The molecule has 2 aromatic heterocycles. The van der Waals surface area contributed by atoms with Gasteiger partial charge in [0.2, 0.25) is 0 Å². The maximum absolute atomic E-state index is 13.1. The number of tetrazole rings is 1. The van der Waals surface area contributed by atoms with Gasteiger partial charge in [-0.2, -0.15) is 0 Å². The largest absolute Gasteiger partial charge is 0.497 e.